The Bertz CT molecular complexity index is 506. The molecule has 0 bridgehead atoms. The maximum atomic E-state index is 5.24. The van der Waals surface area contributed by atoms with Gasteiger partial charge in [0.25, 0.3) is 0 Å². The molecule has 0 fully saturated rings. The molecule has 0 aliphatic heterocycles. The van der Waals surface area contributed by atoms with Crippen molar-refractivity contribution in [1.82, 2.24) is 0 Å². The van der Waals surface area contributed by atoms with Gasteiger partial charge in [-0.05, 0) is 35.4 Å². The van der Waals surface area contributed by atoms with Crippen LogP contribution in [0.4, 0.5) is 5.69 Å². The predicted octanol–water partition coefficient (Wildman–Crippen LogP) is 3.43. The summed E-state index contributed by atoms with van der Waals surface area (Å²) in [7, 11) is 5.78. The first-order valence-electron chi connectivity index (χ1n) is 5.62. The summed E-state index contributed by atoms with van der Waals surface area (Å²) in [6, 6.07) is 16.6. The van der Waals surface area contributed by atoms with Gasteiger partial charge in [-0.15, -0.1) is 0 Å². The van der Waals surface area contributed by atoms with E-state index < -0.39 is 0 Å². The summed E-state index contributed by atoms with van der Waals surface area (Å²) in [6.07, 6.45) is 0. The smallest absolute Gasteiger partial charge is 0.119 e. The number of anilines is 1. The lowest BCUT2D eigenvalue weighted by Crippen LogP contribution is -2.08. The lowest BCUT2D eigenvalue weighted by Gasteiger charge is -2.14. The van der Waals surface area contributed by atoms with Gasteiger partial charge in [0.2, 0.25) is 0 Å². The first kappa shape index (κ1) is 11.5. The van der Waals surface area contributed by atoms with Crippen molar-refractivity contribution in [2.24, 2.45) is 0 Å². The van der Waals surface area contributed by atoms with E-state index in [4.69, 9.17) is 4.74 Å². The minimum absolute atomic E-state index is 0.887. The fourth-order valence-corrected chi connectivity index (χ4v) is 1.77. The van der Waals surface area contributed by atoms with Crippen LogP contribution in [0.1, 0.15) is 0 Å². The Morgan fingerprint density at radius 3 is 2.18 bits per heavy atom. The first-order valence-corrected chi connectivity index (χ1v) is 5.62. The predicted molar refractivity (Wildman–Crippen MR) is 72.8 cm³/mol. The molecule has 0 heterocycles. The first-order chi connectivity index (χ1) is 8.20. The van der Waals surface area contributed by atoms with Crippen LogP contribution in [0.3, 0.4) is 0 Å². The molecule has 2 aromatic rings. The van der Waals surface area contributed by atoms with Crippen molar-refractivity contribution in [2.45, 2.75) is 0 Å². The summed E-state index contributed by atoms with van der Waals surface area (Å²) in [5.41, 5.74) is 3.58. The van der Waals surface area contributed by atoms with Crippen molar-refractivity contribution >= 4 is 5.69 Å². The molecular weight excluding hydrogens is 210 g/mol. The lowest BCUT2D eigenvalue weighted by atomic mass is 10.0. The maximum absolute atomic E-state index is 5.24. The van der Waals surface area contributed by atoms with E-state index in [1.807, 2.05) is 26.2 Å². The number of ether oxygens (including phenoxy) is 1. The van der Waals surface area contributed by atoms with Crippen LogP contribution < -0.4 is 9.64 Å². The fraction of sp³-hybridized carbons (Fsp3) is 0.200. The molecule has 0 amide bonds. The molecule has 0 radical (unpaired) electrons. The number of rotatable bonds is 3. The molecule has 2 aromatic carbocycles. The molecule has 0 saturated heterocycles. The van der Waals surface area contributed by atoms with E-state index in [1.54, 1.807) is 7.11 Å². The quantitative estimate of drug-likeness (QED) is 0.796. The second-order valence-electron chi connectivity index (χ2n) is 4.18. The molecule has 0 spiro atoms. The molecule has 2 heteroatoms. The highest BCUT2D eigenvalue weighted by Crippen LogP contribution is 2.26. The Morgan fingerprint density at radius 2 is 1.53 bits per heavy atom. The summed E-state index contributed by atoms with van der Waals surface area (Å²) >= 11 is 0. The SMILES string of the molecule is COc1cccc(-c2cccc(N(C)C)c2)c1. The lowest BCUT2D eigenvalue weighted by molar-refractivity contribution is 0.415. The number of benzene rings is 2. The third-order valence-corrected chi connectivity index (χ3v) is 2.77. The number of hydrogen-bond donors (Lipinski definition) is 0. The molecule has 17 heavy (non-hydrogen) atoms. The Kier molecular flexibility index (Phi) is 3.33. The molecule has 0 unspecified atom stereocenters. The van der Waals surface area contributed by atoms with Gasteiger partial charge in [0, 0.05) is 19.8 Å². The number of nitrogens with zero attached hydrogens (tertiary/aromatic N) is 1. The molecule has 0 aliphatic rings. The zero-order chi connectivity index (χ0) is 12.3. The molecule has 88 valence electrons. The summed E-state index contributed by atoms with van der Waals surface area (Å²) in [5, 5.41) is 0. The minimum atomic E-state index is 0.887. The highest BCUT2D eigenvalue weighted by molar-refractivity contribution is 5.69. The minimum Gasteiger partial charge on any atom is -0.497 e. The van der Waals surface area contributed by atoms with Crippen LogP contribution in [0.15, 0.2) is 48.5 Å². The topological polar surface area (TPSA) is 12.5 Å². The van der Waals surface area contributed by atoms with Gasteiger partial charge in [-0.1, -0.05) is 24.3 Å². The summed E-state index contributed by atoms with van der Waals surface area (Å²) < 4.78 is 5.24. The zero-order valence-electron chi connectivity index (χ0n) is 10.5. The molecule has 0 aromatic heterocycles. The van der Waals surface area contributed by atoms with Gasteiger partial charge in [0.05, 0.1) is 7.11 Å². The van der Waals surface area contributed by atoms with Crippen molar-refractivity contribution in [1.29, 1.82) is 0 Å². The van der Waals surface area contributed by atoms with Gasteiger partial charge in [-0.25, -0.2) is 0 Å². The van der Waals surface area contributed by atoms with E-state index >= 15 is 0 Å². The summed E-state index contributed by atoms with van der Waals surface area (Å²) in [4.78, 5) is 2.10. The van der Waals surface area contributed by atoms with Crippen LogP contribution in [-0.4, -0.2) is 21.2 Å². The maximum Gasteiger partial charge on any atom is 0.119 e. The second kappa shape index (κ2) is 4.91. The molecule has 0 aliphatic carbocycles. The van der Waals surface area contributed by atoms with Crippen LogP contribution in [0.2, 0.25) is 0 Å². The van der Waals surface area contributed by atoms with E-state index in [2.05, 4.69) is 41.3 Å². The van der Waals surface area contributed by atoms with Crippen molar-refractivity contribution in [3.63, 3.8) is 0 Å². The van der Waals surface area contributed by atoms with E-state index in [9.17, 15) is 0 Å². The largest absolute Gasteiger partial charge is 0.497 e. The highest BCUT2D eigenvalue weighted by Gasteiger charge is 2.01. The molecule has 0 saturated carbocycles. The van der Waals surface area contributed by atoms with Crippen LogP contribution in [-0.2, 0) is 0 Å². The van der Waals surface area contributed by atoms with Gasteiger partial charge in [-0.2, -0.15) is 0 Å². The molecular formula is C15H17NO. The highest BCUT2D eigenvalue weighted by atomic mass is 16.5. The normalized spacial score (nSPS) is 10.1. The molecule has 2 nitrogen and oxygen atoms in total. The average Bonchev–Trinajstić information content (AvgIpc) is 2.39. The van der Waals surface area contributed by atoms with Crippen molar-refractivity contribution in [3.05, 3.63) is 48.5 Å². The van der Waals surface area contributed by atoms with Gasteiger partial charge in [0.15, 0.2) is 0 Å². The third-order valence-electron chi connectivity index (χ3n) is 2.77. The van der Waals surface area contributed by atoms with Crippen molar-refractivity contribution in [3.8, 4) is 16.9 Å². The van der Waals surface area contributed by atoms with Crippen LogP contribution in [0.5, 0.6) is 5.75 Å². The van der Waals surface area contributed by atoms with E-state index in [0.717, 1.165) is 5.75 Å². The zero-order valence-corrected chi connectivity index (χ0v) is 10.5. The van der Waals surface area contributed by atoms with E-state index in [1.165, 1.54) is 16.8 Å². The fourth-order valence-electron chi connectivity index (χ4n) is 1.77. The summed E-state index contributed by atoms with van der Waals surface area (Å²) in [5.74, 6) is 0.887. The summed E-state index contributed by atoms with van der Waals surface area (Å²) in [6.45, 7) is 0. The van der Waals surface area contributed by atoms with Crippen molar-refractivity contribution in [2.75, 3.05) is 26.1 Å². The number of methoxy groups -OCH3 is 1. The Labute approximate surface area is 102 Å². The third kappa shape index (κ3) is 2.59. The molecule has 0 N–H and O–H groups in total. The van der Waals surface area contributed by atoms with E-state index in [0.29, 0.717) is 0 Å². The monoisotopic (exact) mass is 227 g/mol. The Balaban J connectivity index is 2.41. The Morgan fingerprint density at radius 1 is 0.882 bits per heavy atom. The molecule has 0 atom stereocenters. The number of hydrogen-bond acceptors (Lipinski definition) is 2. The van der Waals surface area contributed by atoms with Crippen molar-refractivity contribution < 1.29 is 4.74 Å². The van der Waals surface area contributed by atoms with E-state index in [-0.39, 0.29) is 0 Å². The van der Waals surface area contributed by atoms with Crippen LogP contribution >= 0.6 is 0 Å². The molecule has 2 rings (SSSR count). The standard InChI is InChI=1S/C15H17NO/c1-16(2)14-8-4-6-12(10-14)13-7-5-9-15(11-13)17-3/h4-11H,1-3H3. The van der Waals surface area contributed by atoms with Gasteiger partial charge in [-0.3, -0.25) is 0 Å². The van der Waals surface area contributed by atoms with Gasteiger partial charge in [0.1, 0.15) is 5.75 Å². The van der Waals surface area contributed by atoms with Gasteiger partial charge < -0.3 is 9.64 Å². The average molecular weight is 227 g/mol. The van der Waals surface area contributed by atoms with Crippen LogP contribution in [0, 0.1) is 0 Å². The second-order valence-corrected chi connectivity index (χ2v) is 4.18. The van der Waals surface area contributed by atoms with Gasteiger partial charge >= 0.3 is 0 Å². The van der Waals surface area contributed by atoms with Crippen LogP contribution in [0.25, 0.3) is 11.1 Å². The Hall–Kier alpha value is -1.96.